The Labute approximate surface area is 192 Å². The van der Waals surface area contributed by atoms with E-state index in [1.54, 1.807) is 0 Å². The van der Waals surface area contributed by atoms with Crippen molar-refractivity contribution in [3.63, 3.8) is 0 Å². The Morgan fingerprint density at radius 3 is 2.47 bits per heavy atom. The molecule has 5 atom stereocenters. The van der Waals surface area contributed by atoms with Crippen LogP contribution in [0.5, 0.6) is 0 Å². The Morgan fingerprint density at radius 1 is 1.22 bits per heavy atom. The summed E-state index contributed by atoms with van der Waals surface area (Å²) in [4.78, 5) is 18.9. The fraction of sp³-hybridized carbons (Fsp3) is 0.720. The molecule has 0 bridgehead atoms. The molecule has 7 nitrogen and oxygen atoms in total. The molecule has 2 fully saturated rings. The number of carbonyl (C=O) groups excluding carboxylic acids is 1. The smallest absolute Gasteiger partial charge is 0.410 e. The number of piperazine rings is 1. The van der Waals surface area contributed by atoms with Gasteiger partial charge in [0.25, 0.3) is 0 Å². The zero-order chi connectivity index (χ0) is 23.4. The van der Waals surface area contributed by atoms with Crippen LogP contribution in [0.3, 0.4) is 0 Å². The second kappa shape index (κ2) is 8.41. The van der Waals surface area contributed by atoms with Crippen molar-refractivity contribution in [3.8, 4) is 0 Å². The molecule has 7 heteroatoms. The van der Waals surface area contributed by atoms with Crippen LogP contribution in [-0.2, 0) is 4.74 Å². The number of hydrogen-bond acceptors (Lipinski definition) is 6. The third-order valence-electron chi connectivity index (χ3n) is 7.20. The molecule has 1 saturated heterocycles. The van der Waals surface area contributed by atoms with Gasteiger partial charge in [-0.15, -0.1) is 0 Å². The van der Waals surface area contributed by atoms with Crippen molar-refractivity contribution in [1.82, 2.24) is 4.90 Å². The average molecular weight is 445 g/mol. The third kappa shape index (κ3) is 4.42. The van der Waals surface area contributed by atoms with Gasteiger partial charge < -0.3 is 30.3 Å². The maximum atomic E-state index is 12.6. The van der Waals surface area contributed by atoms with Crippen molar-refractivity contribution in [2.24, 2.45) is 17.6 Å². The van der Waals surface area contributed by atoms with Gasteiger partial charge in [0.1, 0.15) is 11.8 Å². The summed E-state index contributed by atoms with van der Waals surface area (Å²) in [6.07, 6.45) is 1.65. The molecule has 1 unspecified atom stereocenters. The highest BCUT2D eigenvalue weighted by molar-refractivity contribution is 5.70. The van der Waals surface area contributed by atoms with Crippen LogP contribution in [0.15, 0.2) is 18.2 Å². The van der Waals surface area contributed by atoms with E-state index < -0.39 is 11.8 Å². The van der Waals surface area contributed by atoms with Gasteiger partial charge in [-0.05, 0) is 83.1 Å². The minimum atomic E-state index is -0.544. The quantitative estimate of drug-likeness (QED) is 0.740. The highest BCUT2D eigenvalue weighted by Crippen LogP contribution is 2.49. The first-order valence-electron chi connectivity index (χ1n) is 12.1. The zero-order valence-electron chi connectivity index (χ0n) is 20.4. The van der Waals surface area contributed by atoms with Gasteiger partial charge in [0.05, 0.1) is 0 Å². The lowest BCUT2D eigenvalue weighted by Gasteiger charge is -2.48. The summed E-state index contributed by atoms with van der Waals surface area (Å²) in [6.45, 7) is 13.9. The monoisotopic (exact) mass is 444 g/mol. The van der Waals surface area contributed by atoms with E-state index >= 15 is 0 Å². The van der Waals surface area contributed by atoms with Gasteiger partial charge in [0.2, 0.25) is 0 Å². The van der Waals surface area contributed by atoms with Crippen LogP contribution in [0.2, 0.25) is 0 Å². The van der Waals surface area contributed by atoms with E-state index in [1.807, 2.05) is 32.6 Å². The second-order valence-electron chi connectivity index (χ2n) is 11.0. The van der Waals surface area contributed by atoms with Crippen molar-refractivity contribution < 1.29 is 14.6 Å². The van der Waals surface area contributed by atoms with Crippen LogP contribution in [0.4, 0.5) is 16.2 Å². The number of amides is 1. The summed E-state index contributed by atoms with van der Waals surface area (Å²) in [5.41, 5.74) is 9.56. The molecule has 0 radical (unpaired) electrons. The second-order valence-corrected chi connectivity index (χ2v) is 11.0. The number of aliphatic hydroxyl groups excluding tert-OH is 1. The molecule has 1 aromatic rings. The van der Waals surface area contributed by atoms with E-state index in [4.69, 9.17) is 10.5 Å². The average Bonchev–Trinajstić information content (AvgIpc) is 3.53. The van der Waals surface area contributed by atoms with Crippen molar-refractivity contribution in [3.05, 3.63) is 23.8 Å². The minimum Gasteiger partial charge on any atom is -0.444 e. The summed E-state index contributed by atoms with van der Waals surface area (Å²) < 4.78 is 5.58. The van der Waals surface area contributed by atoms with Crippen LogP contribution in [0.25, 0.3) is 0 Å². The molecular formula is C25H40N4O3. The number of aliphatic hydroxyl groups is 1. The molecule has 0 spiro atoms. The van der Waals surface area contributed by atoms with Crippen LogP contribution >= 0.6 is 0 Å². The Morgan fingerprint density at radius 2 is 1.91 bits per heavy atom. The van der Waals surface area contributed by atoms with E-state index in [2.05, 4.69) is 41.8 Å². The van der Waals surface area contributed by atoms with Gasteiger partial charge >= 0.3 is 6.09 Å². The fourth-order valence-electron chi connectivity index (χ4n) is 5.48. The van der Waals surface area contributed by atoms with Crippen LogP contribution < -0.4 is 15.5 Å². The van der Waals surface area contributed by atoms with E-state index in [0.717, 1.165) is 30.0 Å². The molecule has 2 heterocycles. The maximum Gasteiger partial charge on any atom is 0.410 e. The predicted octanol–water partition coefficient (Wildman–Crippen LogP) is 3.71. The summed E-state index contributed by atoms with van der Waals surface area (Å²) in [5.74, 6) is 0.906. The van der Waals surface area contributed by atoms with E-state index in [-0.39, 0.29) is 24.1 Å². The first kappa shape index (κ1) is 23.2. The van der Waals surface area contributed by atoms with Crippen LogP contribution in [0, 0.1) is 11.8 Å². The third-order valence-corrected chi connectivity index (χ3v) is 7.20. The molecule has 1 aromatic carbocycles. The largest absolute Gasteiger partial charge is 0.444 e. The number of hydrogen-bond donors (Lipinski definition) is 2. The van der Waals surface area contributed by atoms with Crippen LogP contribution in [0.1, 0.15) is 66.0 Å². The highest BCUT2D eigenvalue weighted by Gasteiger charge is 2.46. The Hall–Kier alpha value is -1.99. The van der Waals surface area contributed by atoms with E-state index in [9.17, 15) is 9.90 Å². The molecule has 4 rings (SSSR count). The Balaban J connectivity index is 1.54. The topological polar surface area (TPSA) is 82.3 Å². The first-order chi connectivity index (χ1) is 15.0. The lowest BCUT2D eigenvalue weighted by atomic mass is 9.80. The van der Waals surface area contributed by atoms with Gasteiger partial charge in [0, 0.05) is 49.1 Å². The summed E-state index contributed by atoms with van der Waals surface area (Å²) in [7, 11) is 0. The van der Waals surface area contributed by atoms with E-state index in [1.165, 1.54) is 12.8 Å². The zero-order valence-corrected chi connectivity index (χ0v) is 20.4. The number of benzene rings is 1. The van der Waals surface area contributed by atoms with Crippen molar-refractivity contribution in [2.45, 2.75) is 84.3 Å². The standard InChI is InChI=1S/C25H40N4O3/c1-15-14-27(11-12-28(15)24(31)32-25(4,5)6)19-9-10-21-20(13-19)22(26)16(2)23(18-7-8-18)29(21)17(3)30/h9-10,13,15-18,22-23,30H,7-8,11-12,14,26H2,1-6H3/t15-,16+,17?,22+,23+/m0/s1. The minimum absolute atomic E-state index is 0.0500. The Kier molecular flexibility index (Phi) is 6.09. The van der Waals surface area contributed by atoms with Crippen LogP contribution in [-0.4, -0.2) is 59.6 Å². The predicted molar refractivity (Wildman–Crippen MR) is 128 cm³/mol. The summed E-state index contributed by atoms with van der Waals surface area (Å²) in [6, 6.07) is 6.76. The molecule has 3 aliphatic rings. The molecule has 178 valence electrons. The molecule has 0 aromatic heterocycles. The van der Waals surface area contributed by atoms with Gasteiger partial charge in [-0.1, -0.05) is 6.92 Å². The normalized spacial score (nSPS) is 29.6. The molecule has 1 amide bonds. The number of anilines is 2. The van der Waals surface area contributed by atoms with Crippen molar-refractivity contribution in [2.75, 3.05) is 29.4 Å². The lowest BCUT2D eigenvalue weighted by molar-refractivity contribution is 0.0159. The molecule has 1 saturated carbocycles. The first-order valence-corrected chi connectivity index (χ1v) is 12.1. The van der Waals surface area contributed by atoms with Gasteiger partial charge in [-0.2, -0.15) is 0 Å². The SMILES string of the molecule is CC(O)N1c2ccc(N3CCN(C(=O)OC(C)(C)C)[C@@H](C)C3)cc2[C@H](N)[C@@H](C)[C@@H]1C1CC1. The van der Waals surface area contributed by atoms with Gasteiger partial charge in [-0.25, -0.2) is 4.79 Å². The number of nitrogens with zero attached hydrogens (tertiary/aromatic N) is 3. The number of rotatable bonds is 3. The van der Waals surface area contributed by atoms with E-state index in [0.29, 0.717) is 18.5 Å². The summed E-state index contributed by atoms with van der Waals surface area (Å²) in [5, 5.41) is 10.6. The number of fused-ring (bicyclic) bond motifs is 1. The molecule has 2 aliphatic heterocycles. The highest BCUT2D eigenvalue weighted by atomic mass is 16.6. The number of carbonyl (C=O) groups is 1. The number of ether oxygens (including phenoxy) is 1. The maximum absolute atomic E-state index is 12.6. The molecule has 3 N–H and O–H groups in total. The molecular weight excluding hydrogens is 404 g/mol. The van der Waals surface area contributed by atoms with Crippen molar-refractivity contribution in [1.29, 1.82) is 0 Å². The summed E-state index contributed by atoms with van der Waals surface area (Å²) >= 11 is 0. The molecule has 32 heavy (non-hydrogen) atoms. The van der Waals surface area contributed by atoms with Gasteiger partial charge in [0.15, 0.2) is 0 Å². The fourth-order valence-corrected chi connectivity index (χ4v) is 5.48. The molecule has 1 aliphatic carbocycles. The lowest BCUT2D eigenvalue weighted by Crippen LogP contribution is -2.55. The van der Waals surface area contributed by atoms with Crippen molar-refractivity contribution >= 4 is 17.5 Å². The Bertz CT molecular complexity index is 848. The van der Waals surface area contributed by atoms with Gasteiger partial charge in [-0.3, -0.25) is 0 Å². The number of nitrogens with two attached hydrogens (primary N) is 1.